The number of pyridine rings is 2. The highest BCUT2D eigenvalue weighted by Gasteiger charge is 2.15. The summed E-state index contributed by atoms with van der Waals surface area (Å²) in [5.41, 5.74) is 6.27. The highest BCUT2D eigenvalue weighted by Crippen LogP contribution is 2.35. The van der Waals surface area contributed by atoms with Crippen LogP contribution in [0.15, 0.2) is 122 Å². The van der Waals surface area contributed by atoms with Crippen molar-refractivity contribution in [2.45, 2.75) is 13.1 Å². The number of rotatable bonds is 6. The molecule has 0 saturated carbocycles. The number of hydrogen-bond donors (Lipinski definition) is 1. The number of anilines is 1. The fourth-order valence-electron chi connectivity index (χ4n) is 5.20. The maximum atomic E-state index is 5.08. The van der Waals surface area contributed by atoms with Gasteiger partial charge in [0.15, 0.2) is 0 Å². The third kappa shape index (κ3) is 4.04. The summed E-state index contributed by atoms with van der Waals surface area (Å²) < 4.78 is 0. The Hall–Kier alpha value is -5.03. The predicted molar refractivity (Wildman–Crippen MR) is 155 cm³/mol. The van der Waals surface area contributed by atoms with Gasteiger partial charge in [0, 0.05) is 34.4 Å². The number of H-pyrrole nitrogens is 1. The van der Waals surface area contributed by atoms with Crippen LogP contribution >= 0.6 is 0 Å². The summed E-state index contributed by atoms with van der Waals surface area (Å²) in [7, 11) is 0. The summed E-state index contributed by atoms with van der Waals surface area (Å²) in [6.45, 7) is 1.39. The third-order valence-corrected chi connectivity index (χ3v) is 7.04. The van der Waals surface area contributed by atoms with Gasteiger partial charge in [-0.05, 0) is 59.3 Å². The van der Waals surface area contributed by atoms with E-state index in [0.717, 1.165) is 44.9 Å². The van der Waals surface area contributed by atoms with Gasteiger partial charge >= 0.3 is 0 Å². The fraction of sp³-hybridized carbons (Fsp3) is 0.0606. The molecule has 0 radical (unpaired) electrons. The van der Waals surface area contributed by atoms with Gasteiger partial charge in [0.05, 0.1) is 35.5 Å². The van der Waals surface area contributed by atoms with Crippen LogP contribution in [0.2, 0.25) is 0 Å². The van der Waals surface area contributed by atoms with Crippen molar-refractivity contribution in [1.82, 2.24) is 19.9 Å². The number of fused-ring (bicyclic) bond motifs is 6. The third-order valence-electron chi connectivity index (χ3n) is 7.04. The quantitative estimate of drug-likeness (QED) is 0.244. The van der Waals surface area contributed by atoms with Gasteiger partial charge in [0.25, 0.3) is 0 Å². The molecule has 5 nitrogen and oxygen atoms in total. The minimum Gasteiger partial charge on any atom is -0.360 e. The first-order valence-electron chi connectivity index (χ1n) is 12.8. The van der Waals surface area contributed by atoms with Crippen LogP contribution in [-0.2, 0) is 13.1 Å². The first-order valence-corrected chi connectivity index (χ1v) is 12.8. The smallest absolute Gasteiger partial charge is 0.138 e. The molecule has 0 aliphatic rings. The standard InChI is InChI=1S/C33H25N5/c1-3-13-29-27(11-1)28-12-2-4-14-30(28)32-31(29)36-33(37-32)23-15-17-26(18-16-23)38(21-24-9-5-7-19-34-24)22-25-10-6-8-20-35-25/h1-20H,21-22H2,(H,36,37). The normalized spacial score (nSPS) is 11.4. The molecule has 0 amide bonds. The zero-order valence-corrected chi connectivity index (χ0v) is 20.8. The molecule has 0 fully saturated rings. The summed E-state index contributed by atoms with van der Waals surface area (Å²) in [5.74, 6) is 0.869. The van der Waals surface area contributed by atoms with Gasteiger partial charge in [-0.3, -0.25) is 9.97 Å². The molecule has 0 unspecified atom stereocenters. The van der Waals surface area contributed by atoms with Crippen molar-refractivity contribution in [3.05, 3.63) is 133 Å². The maximum Gasteiger partial charge on any atom is 0.138 e. The predicted octanol–water partition coefficient (Wildman–Crippen LogP) is 7.53. The van der Waals surface area contributed by atoms with Gasteiger partial charge in [-0.15, -0.1) is 0 Å². The van der Waals surface area contributed by atoms with Crippen LogP contribution in [0.4, 0.5) is 5.69 Å². The Bertz CT molecular complexity index is 1750. The SMILES string of the molecule is c1ccc(CN(Cc2ccccn2)c2ccc(-c3nc4c5ccccc5c5ccccc5c4[nH]3)cc2)nc1. The number of hydrogen-bond acceptors (Lipinski definition) is 4. The molecule has 0 aliphatic carbocycles. The Balaban J connectivity index is 1.28. The lowest BCUT2D eigenvalue weighted by atomic mass is 10.0. The number of aromatic amines is 1. The minimum atomic E-state index is 0.694. The molecular weight excluding hydrogens is 466 g/mol. The van der Waals surface area contributed by atoms with Crippen molar-refractivity contribution in [2.75, 3.05) is 4.90 Å². The summed E-state index contributed by atoms with van der Waals surface area (Å²) in [4.78, 5) is 20.1. The number of aromatic nitrogens is 4. The van der Waals surface area contributed by atoms with E-state index >= 15 is 0 Å². The zero-order valence-electron chi connectivity index (χ0n) is 20.8. The number of imidazole rings is 1. The van der Waals surface area contributed by atoms with Crippen LogP contribution in [0.3, 0.4) is 0 Å². The molecule has 38 heavy (non-hydrogen) atoms. The van der Waals surface area contributed by atoms with Crippen LogP contribution < -0.4 is 4.90 Å². The van der Waals surface area contributed by atoms with Gasteiger partial charge < -0.3 is 9.88 Å². The molecule has 182 valence electrons. The number of benzene rings is 4. The van der Waals surface area contributed by atoms with Crippen molar-refractivity contribution in [2.24, 2.45) is 0 Å². The molecule has 0 spiro atoms. The molecule has 7 rings (SSSR count). The van der Waals surface area contributed by atoms with E-state index in [-0.39, 0.29) is 0 Å². The highest BCUT2D eigenvalue weighted by molar-refractivity contribution is 6.23. The first kappa shape index (κ1) is 22.2. The van der Waals surface area contributed by atoms with Crippen molar-refractivity contribution in [3.8, 4) is 11.4 Å². The summed E-state index contributed by atoms with van der Waals surface area (Å²) in [6.07, 6.45) is 3.68. The lowest BCUT2D eigenvalue weighted by molar-refractivity contribution is 0.765. The van der Waals surface area contributed by atoms with Gasteiger partial charge in [-0.2, -0.15) is 0 Å². The molecule has 0 atom stereocenters. The van der Waals surface area contributed by atoms with Crippen LogP contribution in [0.5, 0.6) is 0 Å². The van der Waals surface area contributed by atoms with E-state index in [2.05, 4.69) is 105 Å². The summed E-state index contributed by atoms with van der Waals surface area (Å²) in [6, 6.07) is 37.7. The van der Waals surface area contributed by atoms with Gasteiger partial charge in [-0.25, -0.2) is 4.98 Å². The van der Waals surface area contributed by atoms with E-state index in [1.54, 1.807) is 0 Å². The van der Waals surface area contributed by atoms with Crippen molar-refractivity contribution in [3.63, 3.8) is 0 Å². The molecule has 0 aliphatic heterocycles. The number of nitrogens with one attached hydrogen (secondary N) is 1. The maximum absolute atomic E-state index is 5.08. The average Bonchev–Trinajstić information content (AvgIpc) is 3.44. The lowest BCUT2D eigenvalue weighted by Crippen LogP contribution is -2.23. The van der Waals surface area contributed by atoms with Crippen LogP contribution in [-0.4, -0.2) is 19.9 Å². The van der Waals surface area contributed by atoms with Crippen molar-refractivity contribution >= 4 is 38.3 Å². The molecule has 3 aromatic heterocycles. The Kier molecular flexibility index (Phi) is 5.52. The Morgan fingerprint density at radius 3 is 1.71 bits per heavy atom. The van der Waals surface area contributed by atoms with E-state index < -0.39 is 0 Å². The van der Waals surface area contributed by atoms with Gasteiger partial charge in [-0.1, -0.05) is 60.7 Å². The Morgan fingerprint density at radius 2 is 1.11 bits per heavy atom. The molecule has 5 heteroatoms. The second kappa shape index (κ2) is 9.45. The van der Waals surface area contributed by atoms with Gasteiger partial charge in [0.1, 0.15) is 5.82 Å². The summed E-state index contributed by atoms with van der Waals surface area (Å²) >= 11 is 0. The van der Waals surface area contributed by atoms with E-state index in [1.165, 1.54) is 16.2 Å². The van der Waals surface area contributed by atoms with E-state index in [4.69, 9.17) is 4.98 Å². The van der Waals surface area contributed by atoms with E-state index in [1.807, 2.05) is 36.7 Å². The minimum absolute atomic E-state index is 0.694. The second-order valence-corrected chi connectivity index (χ2v) is 9.45. The molecule has 0 bridgehead atoms. The topological polar surface area (TPSA) is 57.7 Å². The molecule has 3 heterocycles. The fourth-order valence-corrected chi connectivity index (χ4v) is 5.20. The summed E-state index contributed by atoms with van der Waals surface area (Å²) in [5, 5.41) is 4.82. The zero-order chi connectivity index (χ0) is 25.3. The molecule has 7 aromatic rings. The first-order chi connectivity index (χ1) is 18.8. The average molecular weight is 492 g/mol. The molecule has 1 N–H and O–H groups in total. The van der Waals surface area contributed by atoms with Crippen molar-refractivity contribution in [1.29, 1.82) is 0 Å². The molecule has 4 aromatic carbocycles. The largest absolute Gasteiger partial charge is 0.360 e. The molecule has 0 saturated heterocycles. The van der Waals surface area contributed by atoms with Crippen molar-refractivity contribution < 1.29 is 0 Å². The van der Waals surface area contributed by atoms with Gasteiger partial charge in [0.2, 0.25) is 0 Å². The Morgan fingerprint density at radius 1 is 0.553 bits per heavy atom. The van der Waals surface area contributed by atoms with Crippen LogP contribution in [0, 0.1) is 0 Å². The van der Waals surface area contributed by atoms with E-state index in [0.29, 0.717) is 13.1 Å². The van der Waals surface area contributed by atoms with E-state index in [9.17, 15) is 0 Å². The monoisotopic (exact) mass is 491 g/mol. The highest BCUT2D eigenvalue weighted by atomic mass is 15.1. The molecular formula is C33H25N5. The van der Waals surface area contributed by atoms with Crippen LogP contribution in [0.1, 0.15) is 11.4 Å². The lowest BCUT2D eigenvalue weighted by Gasteiger charge is -2.24. The van der Waals surface area contributed by atoms with Crippen LogP contribution in [0.25, 0.3) is 44.0 Å². The second-order valence-electron chi connectivity index (χ2n) is 9.45. The number of nitrogens with zero attached hydrogens (tertiary/aromatic N) is 4. The Labute approximate surface area is 220 Å².